The van der Waals surface area contributed by atoms with E-state index in [9.17, 15) is 4.79 Å². The van der Waals surface area contributed by atoms with Crippen molar-refractivity contribution in [1.82, 2.24) is 15.3 Å². The van der Waals surface area contributed by atoms with E-state index in [-0.39, 0.29) is 11.8 Å². The average Bonchev–Trinajstić information content (AvgIpc) is 3.25. The molecular weight excluding hydrogens is 290 g/mol. The second-order valence-corrected chi connectivity index (χ2v) is 5.95. The summed E-state index contributed by atoms with van der Waals surface area (Å²) in [5.74, 6) is 1.33. The van der Waals surface area contributed by atoms with Gasteiger partial charge in [0.1, 0.15) is 0 Å². The number of hydrogen-bond acceptors (Lipinski definition) is 5. The topological polar surface area (TPSA) is 79.6 Å². The maximum Gasteiger partial charge on any atom is 0.225 e. The Labute approximate surface area is 134 Å². The van der Waals surface area contributed by atoms with Crippen molar-refractivity contribution in [3.63, 3.8) is 0 Å². The van der Waals surface area contributed by atoms with Crippen LogP contribution in [0.3, 0.4) is 0 Å². The lowest BCUT2D eigenvalue weighted by Gasteiger charge is -2.14. The zero-order valence-electron chi connectivity index (χ0n) is 12.6. The Kier molecular flexibility index (Phi) is 3.57. The Morgan fingerprint density at radius 2 is 1.91 bits per heavy atom. The summed E-state index contributed by atoms with van der Waals surface area (Å²) in [6, 6.07) is 9.74. The second-order valence-electron chi connectivity index (χ2n) is 5.95. The van der Waals surface area contributed by atoms with Crippen molar-refractivity contribution < 1.29 is 4.79 Å². The van der Waals surface area contributed by atoms with Crippen LogP contribution in [-0.4, -0.2) is 15.9 Å². The fourth-order valence-electron chi connectivity index (χ4n) is 3.10. The van der Waals surface area contributed by atoms with Gasteiger partial charge in [-0.15, -0.1) is 5.11 Å². The Hall–Kier alpha value is -2.63. The molecule has 1 atom stereocenters. The van der Waals surface area contributed by atoms with E-state index in [2.05, 4.69) is 25.5 Å². The predicted octanol–water partition coefficient (Wildman–Crippen LogP) is 3.55. The molecule has 6 heteroatoms. The van der Waals surface area contributed by atoms with Crippen LogP contribution in [0, 0.1) is 5.92 Å². The highest BCUT2D eigenvalue weighted by Gasteiger charge is 2.29. The van der Waals surface area contributed by atoms with E-state index in [0.29, 0.717) is 11.6 Å². The molecule has 23 heavy (non-hydrogen) atoms. The summed E-state index contributed by atoms with van der Waals surface area (Å²) in [5.41, 5.74) is 1.69. The van der Waals surface area contributed by atoms with Gasteiger partial charge in [-0.2, -0.15) is 5.11 Å². The highest BCUT2D eigenvalue weighted by Crippen LogP contribution is 2.34. The van der Waals surface area contributed by atoms with Gasteiger partial charge in [-0.25, -0.2) is 9.97 Å². The molecule has 1 aliphatic carbocycles. The van der Waals surface area contributed by atoms with Crippen molar-refractivity contribution in [1.29, 1.82) is 0 Å². The molecule has 1 aromatic carbocycles. The standard InChI is InChI=1S/C17H17N5O/c23-17(12-8-4-5-9-12)20-16-13-10-18-14(19-15(13)21-22-16)11-6-2-1-3-7-11/h1-3,6-7,10,12,16H,4-5,8-9H2,(H,20,23). The quantitative estimate of drug-likeness (QED) is 0.941. The molecule has 6 nitrogen and oxygen atoms in total. The van der Waals surface area contributed by atoms with Crippen LogP contribution in [0.1, 0.15) is 37.4 Å². The normalized spacial score (nSPS) is 19.7. The van der Waals surface area contributed by atoms with Gasteiger partial charge < -0.3 is 5.32 Å². The van der Waals surface area contributed by atoms with Crippen LogP contribution < -0.4 is 5.32 Å². The van der Waals surface area contributed by atoms with E-state index < -0.39 is 6.17 Å². The first kappa shape index (κ1) is 14.0. The van der Waals surface area contributed by atoms with Crippen LogP contribution >= 0.6 is 0 Å². The van der Waals surface area contributed by atoms with Crippen LogP contribution in [0.4, 0.5) is 5.82 Å². The highest BCUT2D eigenvalue weighted by molar-refractivity contribution is 5.79. The number of hydrogen-bond donors (Lipinski definition) is 1. The first-order valence-electron chi connectivity index (χ1n) is 7.95. The van der Waals surface area contributed by atoms with E-state index in [0.717, 1.165) is 36.8 Å². The molecule has 0 spiro atoms. The van der Waals surface area contributed by atoms with Crippen LogP contribution in [0.2, 0.25) is 0 Å². The summed E-state index contributed by atoms with van der Waals surface area (Å²) in [4.78, 5) is 21.1. The Bertz CT molecular complexity index is 753. The van der Waals surface area contributed by atoms with Crippen LogP contribution in [0.5, 0.6) is 0 Å². The molecule has 0 radical (unpaired) electrons. The molecule has 4 rings (SSSR count). The summed E-state index contributed by atoms with van der Waals surface area (Å²) in [6.45, 7) is 0. The number of fused-ring (bicyclic) bond motifs is 1. The van der Waals surface area contributed by atoms with Crippen LogP contribution in [0.15, 0.2) is 46.8 Å². The molecule has 1 saturated carbocycles. The number of benzene rings is 1. The minimum absolute atomic E-state index is 0.0615. The number of amides is 1. The molecule has 2 aromatic rings. The first-order valence-corrected chi connectivity index (χ1v) is 7.95. The Balaban J connectivity index is 1.53. The fourth-order valence-corrected chi connectivity index (χ4v) is 3.10. The third-order valence-electron chi connectivity index (χ3n) is 4.40. The van der Waals surface area contributed by atoms with Crippen LogP contribution in [-0.2, 0) is 4.79 Å². The zero-order valence-corrected chi connectivity index (χ0v) is 12.6. The van der Waals surface area contributed by atoms with Crippen molar-refractivity contribution in [2.45, 2.75) is 31.8 Å². The van der Waals surface area contributed by atoms with Gasteiger partial charge in [0, 0.05) is 17.7 Å². The Morgan fingerprint density at radius 3 is 2.70 bits per heavy atom. The molecule has 1 aromatic heterocycles. The number of nitrogens with zero attached hydrogens (tertiary/aromatic N) is 4. The van der Waals surface area contributed by atoms with Crippen molar-refractivity contribution in [2.75, 3.05) is 0 Å². The molecule has 2 heterocycles. The van der Waals surface area contributed by atoms with E-state index in [4.69, 9.17) is 0 Å². The molecule has 2 aliphatic rings. The largest absolute Gasteiger partial charge is 0.329 e. The summed E-state index contributed by atoms with van der Waals surface area (Å²) >= 11 is 0. The van der Waals surface area contributed by atoms with Gasteiger partial charge in [0.15, 0.2) is 17.8 Å². The van der Waals surface area contributed by atoms with Gasteiger partial charge in [-0.1, -0.05) is 43.2 Å². The van der Waals surface area contributed by atoms with E-state index in [1.54, 1.807) is 6.20 Å². The van der Waals surface area contributed by atoms with Crippen molar-refractivity contribution in [3.8, 4) is 11.4 Å². The molecule has 1 fully saturated rings. The SMILES string of the molecule is O=C(NC1N=Nc2nc(-c3ccccc3)ncc21)C1CCCC1. The second kappa shape index (κ2) is 5.87. The molecular formula is C17H17N5O. The molecule has 0 saturated heterocycles. The van der Waals surface area contributed by atoms with E-state index >= 15 is 0 Å². The lowest BCUT2D eigenvalue weighted by Crippen LogP contribution is -2.31. The smallest absolute Gasteiger partial charge is 0.225 e. The van der Waals surface area contributed by atoms with E-state index in [1.807, 2.05) is 30.3 Å². The third kappa shape index (κ3) is 2.72. The highest BCUT2D eigenvalue weighted by atomic mass is 16.2. The average molecular weight is 307 g/mol. The maximum atomic E-state index is 12.2. The summed E-state index contributed by atoms with van der Waals surface area (Å²) in [6.07, 6.45) is 5.44. The maximum absolute atomic E-state index is 12.2. The lowest BCUT2D eigenvalue weighted by molar-refractivity contribution is -0.125. The Morgan fingerprint density at radius 1 is 1.13 bits per heavy atom. The summed E-state index contributed by atoms with van der Waals surface area (Å²) < 4.78 is 0. The number of carbonyl (C=O) groups excluding carboxylic acids is 1. The molecule has 116 valence electrons. The van der Waals surface area contributed by atoms with Gasteiger partial charge in [0.05, 0.1) is 5.56 Å². The first-order chi connectivity index (χ1) is 11.3. The monoisotopic (exact) mass is 307 g/mol. The third-order valence-corrected chi connectivity index (χ3v) is 4.40. The molecule has 0 bridgehead atoms. The fraction of sp³-hybridized carbons (Fsp3) is 0.353. The number of nitrogens with one attached hydrogen (secondary N) is 1. The van der Waals surface area contributed by atoms with Crippen molar-refractivity contribution >= 4 is 11.7 Å². The van der Waals surface area contributed by atoms with Crippen molar-refractivity contribution in [3.05, 3.63) is 42.1 Å². The van der Waals surface area contributed by atoms with E-state index in [1.165, 1.54) is 0 Å². The number of rotatable bonds is 3. The molecule has 1 aliphatic heterocycles. The van der Waals surface area contributed by atoms with Crippen molar-refractivity contribution in [2.24, 2.45) is 16.1 Å². The van der Waals surface area contributed by atoms with Crippen LogP contribution in [0.25, 0.3) is 11.4 Å². The zero-order chi connectivity index (χ0) is 15.6. The van der Waals surface area contributed by atoms with Gasteiger partial charge in [0.25, 0.3) is 0 Å². The number of carbonyl (C=O) groups is 1. The number of azo groups is 1. The summed E-state index contributed by atoms with van der Waals surface area (Å²) in [5, 5.41) is 11.2. The minimum Gasteiger partial charge on any atom is -0.329 e. The van der Waals surface area contributed by atoms with Gasteiger partial charge in [-0.3, -0.25) is 4.79 Å². The lowest BCUT2D eigenvalue weighted by atomic mass is 10.1. The molecule has 1 N–H and O–H groups in total. The molecule has 1 amide bonds. The number of aromatic nitrogens is 2. The molecule has 1 unspecified atom stereocenters. The summed E-state index contributed by atoms with van der Waals surface area (Å²) in [7, 11) is 0. The minimum atomic E-state index is -0.456. The van der Waals surface area contributed by atoms with Gasteiger partial charge >= 0.3 is 0 Å². The predicted molar refractivity (Wildman–Crippen MR) is 84.8 cm³/mol. The van der Waals surface area contributed by atoms with Gasteiger partial charge in [0.2, 0.25) is 5.91 Å². The van der Waals surface area contributed by atoms with Gasteiger partial charge in [-0.05, 0) is 12.8 Å².